The molecule has 2 heterocycles. The molecule has 2 N–H and O–H groups in total. The fourth-order valence-corrected chi connectivity index (χ4v) is 7.23. The van der Waals surface area contributed by atoms with E-state index in [4.69, 9.17) is 0 Å². The van der Waals surface area contributed by atoms with Crippen LogP contribution in [0.3, 0.4) is 0 Å². The van der Waals surface area contributed by atoms with Gasteiger partial charge in [-0.2, -0.15) is 0 Å². The van der Waals surface area contributed by atoms with Gasteiger partial charge in [0.1, 0.15) is 6.04 Å². The van der Waals surface area contributed by atoms with Crippen molar-refractivity contribution in [3.63, 3.8) is 0 Å². The molecule has 0 spiro atoms. The largest absolute Gasteiger partial charge is 0.353 e. The number of nitrogens with one attached hydrogen (secondary N) is 2. The molecule has 0 radical (unpaired) electrons. The van der Waals surface area contributed by atoms with E-state index in [1.165, 1.54) is 25.7 Å². The fraction of sp³-hybridized carbons (Fsp3) is 0.905. The Bertz CT molecular complexity index is 555. The zero-order valence-corrected chi connectivity index (χ0v) is 17.1. The lowest BCUT2D eigenvalue weighted by atomic mass is 9.49. The van der Waals surface area contributed by atoms with Crippen molar-refractivity contribution in [3.05, 3.63) is 0 Å². The topological polar surface area (TPSA) is 61.4 Å². The van der Waals surface area contributed by atoms with E-state index in [0.717, 1.165) is 69.4 Å². The van der Waals surface area contributed by atoms with Crippen molar-refractivity contribution in [3.8, 4) is 0 Å². The van der Waals surface area contributed by atoms with E-state index in [1.807, 2.05) is 4.90 Å². The van der Waals surface area contributed by atoms with Crippen molar-refractivity contribution in [1.82, 2.24) is 15.5 Å². The summed E-state index contributed by atoms with van der Waals surface area (Å²) in [5.74, 6) is 2.72. The van der Waals surface area contributed by atoms with Gasteiger partial charge in [0.15, 0.2) is 0 Å². The Morgan fingerprint density at radius 2 is 1.67 bits per heavy atom. The molecule has 4 bridgehead atoms. The van der Waals surface area contributed by atoms with Crippen LogP contribution in [0.15, 0.2) is 0 Å². The van der Waals surface area contributed by atoms with Crippen molar-refractivity contribution in [2.45, 2.75) is 76.3 Å². The maximum atomic E-state index is 13.6. The monoisotopic (exact) mass is 395 g/mol. The number of hydrogen-bond acceptors (Lipinski definition) is 3. The molecule has 0 aromatic carbocycles. The van der Waals surface area contributed by atoms with Crippen LogP contribution in [0, 0.1) is 23.2 Å². The van der Waals surface area contributed by atoms with E-state index in [-0.39, 0.29) is 29.8 Å². The fourth-order valence-electron chi connectivity index (χ4n) is 7.23. The molecule has 4 aliphatic carbocycles. The molecule has 152 valence electrons. The highest BCUT2D eigenvalue weighted by molar-refractivity contribution is 5.91. The molecule has 2 aliphatic heterocycles. The first kappa shape index (κ1) is 19.5. The Kier molecular flexibility index (Phi) is 5.45. The van der Waals surface area contributed by atoms with Crippen LogP contribution in [0.25, 0.3) is 0 Å². The maximum absolute atomic E-state index is 13.6. The third kappa shape index (κ3) is 3.50. The summed E-state index contributed by atoms with van der Waals surface area (Å²) in [5, 5.41) is 6.56. The first-order valence-corrected chi connectivity index (χ1v) is 11.0. The normalized spacial score (nSPS) is 42.2. The van der Waals surface area contributed by atoms with E-state index >= 15 is 0 Å². The van der Waals surface area contributed by atoms with Gasteiger partial charge in [0.2, 0.25) is 11.8 Å². The van der Waals surface area contributed by atoms with Gasteiger partial charge in [-0.05, 0) is 88.5 Å². The molecule has 2 atom stereocenters. The standard InChI is InChI=1S/C21H33N3O2.ClH/c25-19(23-13-17-3-1-5-22-17)18-4-2-6-24(18)20(26)21-10-14-7-15(11-21)9-16(8-14)12-21;/h14-18,22H,1-13H2,(H,23,25);1H. The van der Waals surface area contributed by atoms with Gasteiger partial charge in [-0.1, -0.05) is 0 Å². The van der Waals surface area contributed by atoms with Gasteiger partial charge < -0.3 is 15.5 Å². The highest BCUT2D eigenvalue weighted by atomic mass is 35.5. The van der Waals surface area contributed by atoms with Crippen LogP contribution in [-0.2, 0) is 9.59 Å². The van der Waals surface area contributed by atoms with E-state index in [0.29, 0.717) is 18.5 Å². The third-order valence-electron chi connectivity index (χ3n) is 7.99. The average Bonchev–Trinajstić information content (AvgIpc) is 3.29. The highest BCUT2D eigenvalue weighted by Crippen LogP contribution is 2.60. The lowest BCUT2D eigenvalue weighted by molar-refractivity contribution is -0.160. The van der Waals surface area contributed by atoms with Crippen molar-refractivity contribution in [2.24, 2.45) is 23.2 Å². The van der Waals surface area contributed by atoms with E-state index in [2.05, 4.69) is 10.6 Å². The summed E-state index contributed by atoms with van der Waals surface area (Å²) in [6.07, 6.45) is 11.5. The van der Waals surface area contributed by atoms with Crippen LogP contribution >= 0.6 is 12.4 Å². The number of carbonyl (C=O) groups is 2. The number of amides is 2. The molecular weight excluding hydrogens is 362 g/mol. The number of likely N-dealkylation sites (tertiary alicyclic amines) is 1. The number of rotatable bonds is 4. The van der Waals surface area contributed by atoms with Gasteiger partial charge in [0.25, 0.3) is 0 Å². The van der Waals surface area contributed by atoms with E-state index < -0.39 is 0 Å². The van der Waals surface area contributed by atoms with Gasteiger partial charge in [-0.15, -0.1) is 12.4 Å². The number of nitrogens with zero attached hydrogens (tertiary/aromatic N) is 1. The first-order chi connectivity index (χ1) is 12.6. The summed E-state index contributed by atoms with van der Waals surface area (Å²) in [4.78, 5) is 28.4. The second-order valence-electron chi connectivity index (χ2n) is 9.89. The zero-order chi connectivity index (χ0) is 17.7. The van der Waals surface area contributed by atoms with E-state index in [9.17, 15) is 9.59 Å². The number of carbonyl (C=O) groups excluding carboxylic acids is 2. The SMILES string of the molecule is Cl.O=C(NCC1CCCN1)C1CCCN1C(=O)C12CC3CC(CC(C3)C1)C2. The van der Waals surface area contributed by atoms with Gasteiger partial charge in [-0.3, -0.25) is 9.59 Å². The van der Waals surface area contributed by atoms with E-state index in [1.54, 1.807) is 0 Å². The average molecular weight is 396 g/mol. The van der Waals surface area contributed by atoms with Crippen LogP contribution < -0.4 is 10.6 Å². The molecule has 6 fully saturated rings. The summed E-state index contributed by atoms with van der Waals surface area (Å²) in [6.45, 7) is 2.54. The van der Waals surface area contributed by atoms with Crippen molar-refractivity contribution in [2.75, 3.05) is 19.6 Å². The van der Waals surface area contributed by atoms with Gasteiger partial charge in [-0.25, -0.2) is 0 Å². The van der Waals surface area contributed by atoms with Crippen LogP contribution in [0.4, 0.5) is 0 Å². The zero-order valence-electron chi connectivity index (χ0n) is 16.3. The van der Waals surface area contributed by atoms with Crippen LogP contribution in [0.1, 0.15) is 64.2 Å². The maximum Gasteiger partial charge on any atom is 0.242 e. The Balaban J connectivity index is 0.00000180. The lowest BCUT2D eigenvalue weighted by Crippen LogP contribution is -2.57. The smallest absolute Gasteiger partial charge is 0.242 e. The summed E-state index contributed by atoms with van der Waals surface area (Å²) in [6, 6.07) is 0.185. The summed E-state index contributed by atoms with van der Waals surface area (Å²) in [7, 11) is 0. The van der Waals surface area contributed by atoms with Gasteiger partial charge >= 0.3 is 0 Å². The number of halogens is 1. The Hall–Kier alpha value is -0.810. The molecule has 27 heavy (non-hydrogen) atoms. The second kappa shape index (κ2) is 7.55. The molecule has 5 nitrogen and oxygen atoms in total. The number of hydrogen-bond donors (Lipinski definition) is 2. The van der Waals surface area contributed by atoms with Crippen molar-refractivity contribution in [1.29, 1.82) is 0 Å². The van der Waals surface area contributed by atoms with Crippen LogP contribution in [0.5, 0.6) is 0 Å². The van der Waals surface area contributed by atoms with Gasteiger partial charge in [0.05, 0.1) is 5.41 Å². The minimum absolute atomic E-state index is 0. The summed E-state index contributed by atoms with van der Waals surface area (Å²) < 4.78 is 0. The van der Waals surface area contributed by atoms with Crippen molar-refractivity contribution >= 4 is 24.2 Å². The highest BCUT2D eigenvalue weighted by Gasteiger charge is 2.56. The quantitative estimate of drug-likeness (QED) is 0.768. The van der Waals surface area contributed by atoms with Crippen LogP contribution in [0.2, 0.25) is 0 Å². The molecular formula is C21H34ClN3O2. The first-order valence-electron chi connectivity index (χ1n) is 11.0. The van der Waals surface area contributed by atoms with Crippen molar-refractivity contribution < 1.29 is 9.59 Å². The molecule has 2 saturated heterocycles. The molecule has 6 rings (SSSR count). The molecule has 6 heteroatoms. The predicted molar refractivity (Wildman–Crippen MR) is 107 cm³/mol. The second-order valence-corrected chi connectivity index (χ2v) is 9.89. The minimum Gasteiger partial charge on any atom is -0.353 e. The molecule has 2 unspecified atom stereocenters. The Labute approximate surface area is 168 Å². The Morgan fingerprint density at radius 1 is 1.00 bits per heavy atom. The summed E-state index contributed by atoms with van der Waals surface area (Å²) >= 11 is 0. The van der Waals surface area contributed by atoms with Crippen LogP contribution in [-0.4, -0.2) is 48.4 Å². The minimum atomic E-state index is -0.225. The molecule has 2 amide bonds. The molecule has 4 saturated carbocycles. The lowest BCUT2D eigenvalue weighted by Gasteiger charge is -2.56. The molecule has 6 aliphatic rings. The molecule has 0 aromatic rings. The predicted octanol–water partition coefficient (Wildman–Crippen LogP) is 2.48. The van der Waals surface area contributed by atoms with Gasteiger partial charge in [0, 0.05) is 19.1 Å². The Morgan fingerprint density at radius 3 is 2.26 bits per heavy atom. The molecule has 0 aromatic heterocycles. The third-order valence-corrected chi connectivity index (χ3v) is 7.99. The summed E-state index contributed by atoms with van der Waals surface area (Å²) in [5.41, 5.74) is -0.120.